The second kappa shape index (κ2) is 8.09. The van der Waals surface area contributed by atoms with E-state index < -0.39 is 17.7 Å². The Morgan fingerprint density at radius 2 is 1.67 bits per heavy atom. The Morgan fingerprint density at radius 3 is 2.33 bits per heavy atom. The number of benzene rings is 2. The first kappa shape index (κ1) is 18.1. The summed E-state index contributed by atoms with van der Waals surface area (Å²) in [6, 6.07) is 15.3. The molecule has 3 aromatic rings. The van der Waals surface area contributed by atoms with Crippen LogP contribution in [-0.4, -0.2) is 25.2 Å². The number of hydrazone groups is 1. The van der Waals surface area contributed by atoms with E-state index in [-0.39, 0.29) is 0 Å². The van der Waals surface area contributed by atoms with Crippen molar-refractivity contribution in [1.82, 2.24) is 5.43 Å². The number of methoxy groups -OCH3 is 1. The molecule has 0 fully saturated rings. The van der Waals surface area contributed by atoms with E-state index in [1.165, 1.54) is 37.6 Å². The molecule has 0 aliphatic heterocycles. The molecule has 2 aromatic carbocycles. The van der Waals surface area contributed by atoms with Crippen molar-refractivity contribution in [2.45, 2.75) is 0 Å². The number of carbonyl (C=O) groups is 2. The summed E-state index contributed by atoms with van der Waals surface area (Å²) in [7, 11) is 1.32. The molecule has 1 amide bonds. The van der Waals surface area contributed by atoms with E-state index in [2.05, 4.69) is 15.3 Å². The maximum absolute atomic E-state index is 12.8. The summed E-state index contributed by atoms with van der Waals surface area (Å²) < 4.78 is 23.1. The molecule has 0 radical (unpaired) electrons. The Bertz CT molecular complexity index is 976. The van der Waals surface area contributed by atoms with Gasteiger partial charge in [-0.05, 0) is 48.5 Å². The average molecular weight is 366 g/mol. The highest BCUT2D eigenvalue weighted by molar-refractivity contribution is 5.94. The van der Waals surface area contributed by atoms with Gasteiger partial charge in [0.1, 0.15) is 17.3 Å². The van der Waals surface area contributed by atoms with Crippen LogP contribution < -0.4 is 5.43 Å². The zero-order valence-electron chi connectivity index (χ0n) is 14.3. The van der Waals surface area contributed by atoms with E-state index in [1.807, 2.05) is 0 Å². The molecule has 0 atom stereocenters. The molecule has 0 bridgehead atoms. The lowest BCUT2D eigenvalue weighted by Gasteiger charge is -2.00. The van der Waals surface area contributed by atoms with E-state index in [1.54, 1.807) is 36.4 Å². The fourth-order valence-electron chi connectivity index (χ4n) is 2.29. The molecule has 6 nitrogen and oxygen atoms in total. The second-order valence-electron chi connectivity index (χ2n) is 5.48. The molecule has 0 spiro atoms. The van der Waals surface area contributed by atoms with Gasteiger partial charge in [-0.1, -0.05) is 12.1 Å². The van der Waals surface area contributed by atoms with Crippen molar-refractivity contribution in [1.29, 1.82) is 0 Å². The predicted molar refractivity (Wildman–Crippen MR) is 96.9 cm³/mol. The molecule has 0 aliphatic carbocycles. The topological polar surface area (TPSA) is 80.9 Å². The van der Waals surface area contributed by atoms with Crippen LogP contribution in [0, 0.1) is 5.82 Å². The molecule has 7 heteroatoms. The van der Waals surface area contributed by atoms with E-state index in [0.29, 0.717) is 22.6 Å². The zero-order chi connectivity index (χ0) is 19.2. The van der Waals surface area contributed by atoms with Crippen LogP contribution in [0.2, 0.25) is 0 Å². The maximum atomic E-state index is 12.8. The summed E-state index contributed by atoms with van der Waals surface area (Å²) in [5.41, 5.74) is 3.85. The van der Waals surface area contributed by atoms with Gasteiger partial charge in [0.2, 0.25) is 0 Å². The minimum atomic E-state index is -0.462. The number of furan rings is 1. The van der Waals surface area contributed by atoms with Gasteiger partial charge in [0.15, 0.2) is 0 Å². The summed E-state index contributed by atoms with van der Waals surface area (Å²) in [5, 5.41) is 3.82. The third-order valence-corrected chi connectivity index (χ3v) is 3.68. The SMILES string of the molecule is COC(=O)c1ccc(-c2ccc(/C=N\NC(=O)c3ccc(F)cc3)o2)cc1. The number of nitrogens with one attached hydrogen (secondary N) is 1. The van der Waals surface area contributed by atoms with Gasteiger partial charge in [0.05, 0.1) is 18.9 Å². The lowest BCUT2D eigenvalue weighted by atomic mass is 10.1. The van der Waals surface area contributed by atoms with Crippen molar-refractivity contribution in [2.75, 3.05) is 7.11 Å². The first-order valence-corrected chi connectivity index (χ1v) is 7.94. The molecule has 0 saturated carbocycles. The monoisotopic (exact) mass is 366 g/mol. The number of ether oxygens (including phenoxy) is 1. The number of hydrogen-bond donors (Lipinski definition) is 1. The number of rotatable bonds is 5. The van der Waals surface area contributed by atoms with Crippen LogP contribution in [0.5, 0.6) is 0 Å². The molecule has 136 valence electrons. The van der Waals surface area contributed by atoms with E-state index in [9.17, 15) is 14.0 Å². The molecular weight excluding hydrogens is 351 g/mol. The third-order valence-electron chi connectivity index (χ3n) is 3.68. The van der Waals surface area contributed by atoms with Gasteiger partial charge in [-0.3, -0.25) is 4.79 Å². The molecule has 3 rings (SSSR count). The lowest BCUT2D eigenvalue weighted by Crippen LogP contribution is -2.17. The smallest absolute Gasteiger partial charge is 0.337 e. The van der Waals surface area contributed by atoms with E-state index in [0.717, 1.165) is 5.56 Å². The van der Waals surface area contributed by atoms with Gasteiger partial charge in [0.25, 0.3) is 5.91 Å². The fourth-order valence-corrected chi connectivity index (χ4v) is 2.29. The quantitative estimate of drug-likeness (QED) is 0.425. The summed E-state index contributed by atoms with van der Waals surface area (Å²) in [6.07, 6.45) is 1.35. The Morgan fingerprint density at radius 1 is 1.00 bits per heavy atom. The average Bonchev–Trinajstić information content (AvgIpc) is 3.17. The Kier molecular flexibility index (Phi) is 5.41. The van der Waals surface area contributed by atoms with Crippen molar-refractivity contribution < 1.29 is 23.1 Å². The normalized spacial score (nSPS) is 10.7. The highest BCUT2D eigenvalue weighted by atomic mass is 19.1. The molecule has 27 heavy (non-hydrogen) atoms. The number of hydrogen-bond acceptors (Lipinski definition) is 5. The molecule has 1 N–H and O–H groups in total. The van der Waals surface area contributed by atoms with Gasteiger partial charge < -0.3 is 9.15 Å². The third kappa shape index (κ3) is 4.46. The number of esters is 1. The fraction of sp³-hybridized carbons (Fsp3) is 0.0500. The first-order chi connectivity index (χ1) is 13.1. The van der Waals surface area contributed by atoms with Crippen LogP contribution in [0.25, 0.3) is 11.3 Å². The van der Waals surface area contributed by atoms with Gasteiger partial charge in [-0.15, -0.1) is 0 Å². The summed E-state index contributed by atoms with van der Waals surface area (Å²) >= 11 is 0. The van der Waals surface area contributed by atoms with Crippen LogP contribution in [0.3, 0.4) is 0 Å². The molecule has 0 unspecified atom stereocenters. The number of carbonyl (C=O) groups excluding carboxylic acids is 2. The van der Waals surface area contributed by atoms with E-state index in [4.69, 9.17) is 4.42 Å². The Balaban J connectivity index is 1.63. The first-order valence-electron chi connectivity index (χ1n) is 7.94. The van der Waals surface area contributed by atoms with Crippen LogP contribution in [0.4, 0.5) is 4.39 Å². The van der Waals surface area contributed by atoms with Crippen LogP contribution in [-0.2, 0) is 4.74 Å². The lowest BCUT2D eigenvalue weighted by molar-refractivity contribution is 0.0600. The van der Waals surface area contributed by atoms with Crippen molar-refractivity contribution >= 4 is 18.1 Å². The minimum Gasteiger partial charge on any atom is -0.465 e. The van der Waals surface area contributed by atoms with Crippen LogP contribution in [0.15, 0.2) is 70.2 Å². The summed E-state index contributed by atoms with van der Waals surface area (Å²) in [4.78, 5) is 23.3. The van der Waals surface area contributed by atoms with Crippen LogP contribution >= 0.6 is 0 Å². The van der Waals surface area contributed by atoms with Crippen molar-refractivity contribution in [3.05, 3.63) is 83.4 Å². The van der Waals surface area contributed by atoms with Crippen molar-refractivity contribution in [3.63, 3.8) is 0 Å². The summed E-state index contributed by atoms with van der Waals surface area (Å²) in [6.45, 7) is 0. The van der Waals surface area contributed by atoms with Gasteiger partial charge in [-0.25, -0.2) is 14.6 Å². The van der Waals surface area contributed by atoms with Gasteiger partial charge in [-0.2, -0.15) is 5.10 Å². The second-order valence-corrected chi connectivity index (χ2v) is 5.48. The Hall–Kier alpha value is -3.74. The molecule has 0 aliphatic rings. The molecule has 1 aromatic heterocycles. The summed E-state index contributed by atoms with van der Waals surface area (Å²) in [5.74, 6) is -0.279. The Labute approximate surface area is 154 Å². The highest BCUT2D eigenvalue weighted by Crippen LogP contribution is 2.22. The van der Waals surface area contributed by atoms with Gasteiger partial charge >= 0.3 is 5.97 Å². The van der Waals surface area contributed by atoms with E-state index >= 15 is 0 Å². The largest absolute Gasteiger partial charge is 0.465 e. The highest BCUT2D eigenvalue weighted by Gasteiger charge is 2.08. The minimum absolute atomic E-state index is 0.291. The van der Waals surface area contributed by atoms with Gasteiger partial charge in [0, 0.05) is 11.1 Å². The number of nitrogens with zero attached hydrogens (tertiary/aromatic N) is 1. The molecule has 1 heterocycles. The standard InChI is InChI=1S/C20H15FN2O4/c1-26-20(25)15-4-2-13(3-5-15)18-11-10-17(27-18)12-22-23-19(24)14-6-8-16(21)9-7-14/h2-12H,1H3,(H,23,24)/b22-12-. The van der Waals surface area contributed by atoms with Crippen molar-refractivity contribution in [3.8, 4) is 11.3 Å². The number of halogens is 1. The number of amides is 1. The molecule has 0 saturated heterocycles. The predicted octanol–water partition coefficient (Wildman–Crippen LogP) is 3.64. The zero-order valence-corrected chi connectivity index (χ0v) is 14.3. The van der Waals surface area contributed by atoms with Crippen molar-refractivity contribution in [2.24, 2.45) is 5.10 Å². The molecular formula is C20H15FN2O4. The van der Waals surface area contributed by atoms with Crippen LogP contribution in [0.1, 0.15) is 26.5 Å². The maximum Gasteiger partial charge on any atom is 0.337 e.